The molecule has 8 unspecified atom stereocenters. The molecule has 7 heteroatoms. The van der Waals surface area contributed by atoms with Gasteiger partial charge in [0.2, 0.25) is 6.29 Å². The van der Waals surface area contributed by atoms with E-state index in [9.17, 15) is 0 Å². The Morgan fingerprint density at radius 3 is 1.80 bits per heavy atom. The van der Waals surface area contributed by atoms with Crippen LogP contribution in [0.2, 0.25) is 0 Å². The number of hydrogen-bond donors (Lipinski definition) is 1. The molecule has 0 heterocycles. The zero-order valence-electron chi connectivity index (χ0n) is 39.2. The maximum atomic E-state index is 6.70. The molecule has 3 saturated carbocycles. The van der Waals surface area contributed by atoms with Gasteiger partial charge < -0.3 is 29.4 Å². The third-order valence-electron chi connectivity index (χ3n) is 14.1. The number of benzene rings is 3. The molecule has 4 aliphatic rings. The van der Waals surface area contributed by atoms with Gasteiger partial charge >= 0.3 is 0 Å². The van der Waals surface area contributed by atoms with Gasteiger partial charge in [-0.05, 0) is 167 Å². The molecule has 0 amide bonds. The first-order valence-corrected chi connectivity index (χ1v) is 25.8. The summed E-state index contributed by atoms with van der Waals surface area (Å²) in [5.41, 5.74) is 12.0. The second-order valence-corrected chi connectivity index (χ2v) is 21.7. The fourth-order valence-electron chi connectivity index (χ4n) is 10.6. The normalized spacial score (nSPS) is 22.6. The van der Waals surface area contributed by atoms with Crippen molar-refractivity contribution in [3.05, 3.63) is 95.1 Å². The molecule has 8 atom stereocenters. The number of hydrogen-bond acceptors (Lipinski definition) is 6. The van der Waals surface area contributed by atoms with E-state index in [1.807, 2.05) is 0 Å². The Balaban J connectivity index is 0.000000207. The maximum absolute atomic E-state index is 6.70. The number of ether oxygens (including phenoxy) is 5. The largest absolute Gasteiger partial charge is 0.465 e. The van der Waals surface area contributed by atoms with Crippen LogP contribution in [0.25, 0.3) is 0 Å². The molecule has 0 aliphatic heterocycles. The molecule has 61 heavy (non-hydrogen) atoms. The summed E-state index contributed by atoms with van der Waals surface area (Å²) in [4.78, 5) is 0. The van der Waals surface area contributed by atoms with E-state index in [0.717, 1.165) is 82.3 Å². The van der Waals surface area contributed by atoms with Gasteiger partial charge in [0.15, 0.2) is 6.29 Å². The monoisotopic (exact) mass is 856 g/mol. The molecule has 338 valence electrons. The highest BCUT2D eigenvalue weighted by molar-refractivity contribution is 7.37. The summed E-state index contributed by atoms with van der Waals surface area (Å²) in [5, 5.41) is 0. The highest BCUT2D eigenvalue weighted by atomic mass is 31.1. The Hall–Kier alpha value is -2.47. The summed E-state index contributed by atoms with van der Waals surface area (Å²) < 4.78 is 31.5. The SMILES string of the molecule is COC(C)(C)CC(Oc1ccc(C(CN)CC(C)C)cc1)OC1CCCCC1.CPC(CC(C)C)c1ccc(OC(CC2CC3CCC2C3)OC2Cc3ccccc3C2)cc1. The smallest absolute Gasteiger partial charge is 0.202 e. The lowest BCUT2D eigenvalue weighted by Gasteiger charge is -2.32. The van der Waals surface area contributed by atoms with Crippen molar-refractivity contribution in [1.82, 2.24) is 0 Å². The molecule has 7 rings (SSSR count). The molecule has 0 saturated heterocycles. The summed E-state index contributed by atoms with van der Waals surface area (Å²) in [7, 11) is 2.68. The van der Waals surface area contributed by atoms with Crippen molar-refractivity contribution < 1.29 is 23.7 Å². The Labute approximate surface area is 372 Å². The van der Waals surface area contributed by atoms with Crippen LogP contribution in [-0.4, -0.2) is 50.7 Å². The minimum absolute atomic E-state index is 0.140. The first-order chi connectivity index (χ1) is 29.4. The minimum atomic E-state index is -0.301. The molecule has 4 aliphatic carbocycles. The Morgan fingerprint density at radius 1 is 0.689 bits per heavy atom. The molecule has 2 N–H and O–H groups in total. The van der Waals surface area contributed by atoms with Crippen LogP contribution in [0.15, 0.2) is 72.8 Å². The van der Waals surface area contributed by atoms with Gasteiger partial charge in [0, 0.05) is 25.6 Å². The van der Waals surface area contributed by atoms with Crippen molar-refractivity contribution in [3.63, 3.8) is 0 Å². The Morgan fingerprint density at radius 2 is 1.28 bits per heavy atom. The molecule has 6 nitrogen and oxygen atoms in total. The highest BCUT2D eigenvalue weighted by Gasteiger charge is 2.41. The van der Waals surface area contributed by atoms with Gasteiger partial charge in [0.1, 0.15) is 11.5 Å². The quantitative estimate of drug-likeness (QED) is 0.0850. The van der Waals surface area contributed by atoms with Gasteiger partial charge in [-0.25, -0.2) is 0 Å². The lowest BCUT2D eigenvalue weighted by molar-refractivity contribution is -0.159. The van der Waals surface area contributed by atoms with Crippen molar-refractivity contribution in [2.75, 3.05) is 20.3 Å². The molecule has 3 aromatic rings. The van der Waals surface area contributed by atoms with Crippen LogP contribution in [0.3, 0.4) is 0 Å². The van der Waals surface area contributed by atoms with Crippen molar-refractivity contribution >= 4 is 8.58 Å². The summed E-state index contributed by atoms with van der Waals surface area (Å²) in [6.07, 6.45) is 18.0. The molecule has 0 spiro atoms. The third kappa shape index (κ3) is 14.8. The molecule has 3 aromatic carbocycles. The van der Waals surface area contributed by atoms with E-state index in [1.54, 1.807) is 7.11 Å². The lowest BCUT2D eigenvalue weighted by Crippen LogP contribution is -2.36. The number of nitrogens with two attached hydrogens (primary N) is 1. The summed E-state index contributed by atoms with van der Waals surface area (Å²) in [5.74, 6) is 6.20. The number of rotatable bonds is 21. The first-order valence-electron chi connectivity index (χ1n) is 24.2. The summed E-state index contributed by atoms with van der Waals surface area (Å²) >= 11 is 0. The zero-order valence-corrected chi connectivity index (χ0v) is 40.2. The van der Waals surface area contributed by atoms with Crippen molar-refractivity contribution in [3.8, 4) is 11.5 Å². The first kappa shape index (κ1) is 48.0. The zero-order chi connectivity index (χ0) is 43.4. The van der Waals surface area contributed by atoms with Gasteiger partial charge in [-0.15, -0.1) is 8.58 Å². The van der Waals surface area contributed by atoms with Gasteiger partial charge in [0.05, 0.1) is 17.8 Å². The van der Waals surface area contributed by atoms with E-state index in [-0.39, 0.29) is 24.3 Å². The molecule has 0 aromatic heterocycles. The summed E-state index contributed by atoms with van der Waals surface area (Å²) in [6.45, 7) is 16.3. The van der Waals surface area contributed by atoms with Crippen LogP contribution in [-0.2, 0) is 27.1 Å². The number of methoxy groups -OCH3 is 1. The van der Waals surface area contributed by atoms with Gasteiger partial charge in [-0.2, -0.15) is 0 Å². The van der Waals surface area contributed by atoms with Crippen LogP contribution < -0.4 is 15.2 Å². The van der Waals surface area contributed by atoms with Crippen molar-refractivity contribution in [2.24, 2.45) is 35.3 Å². The van der Waals surface area contributed by atoms with Crippen LogP contribution in [0.1, 0.15) is 159 Å². The second kappa shape index (κ2) is 23.5. The van der Waals surface area contributed by atoms with Crippen LogP contribution >= 0.6 is 8.58 Å². The third-order valence-corrected chi connectivity index (χ3v) is 15.4. The van der Waals surface area contributed by atoms with E-state index in [0.29, 0.717) is 36.6 Å². The predicted molar refractivity (Wildman–Crippen MR) is 255 cm³/mol. The fraction of sp³-hybridized carbons (Fsp3) is 0.667. The fourth-order valence-corrected chi connectivity index (χ4v) is 11.9. The molecular formula is C54H82NO5P. The van der Waals surface area contributed by atoms with E-state index < -0.39 is 0 Å². The van der Waals surface area contributed by atoms with E-state index >= 15 is 0 Å². The highest BCUT2D eigenvalue weighted by Crippen LogP contribution is 2.50. The topological polar surface area (TPSA) is 72.2 Å². The van der Waals surface area contributed by atoms with Gasteiger partial charge in [-0.1, -0.05) is 102 Å². The average Bonchev–Trinajstić information content (AvgIpc) is 3.99. The van der Waals surface area contributed by atoms with E-state index in [2.05, 4.69) is 121 Å². The molecule has 3 fully saturated rings. The van der Waals surface area contributed by atoms with Gasteiger partial charge in [-0.3, -0.25) is 0 Å². The van der Waals surface area contributed by atoms with Crippen LogP contribution in [0.5, 0.6) is 11.5 Å². The molecule has 0 radical (unpaired) electrons. The molecule has 2 bridgehead atoms. The predicted octanol–water partition coefficient (Wildman–Crippen LogP) is 13.4. The summed E-state index contributed by atoms with van der Waals surface area (Å²) in [6, 6.07) is 26.2. The van der Waals surface area contributed by atoms with E-state index in [4.69, 9.17) is 29.4 Å². The Bertz CT molecular complexity index is 1680. The number of fused-ring (bicyclic) bond motifs is 3. The van der Waals surface area contributed by atoms with Crippen LogP contribution in [0, 0.1) is 29.6 Å². The van der Waals surface area contributed by atoms with Crippen molar-refractivity contribution in [1.29, 1.82) is 0 Å². The standard InChI is InChI=1S/C30H41O2P.C24H41NO3/c1-20(2)14-29(33-3)22-10-12-27(13-11-22)31-30(19-26-16-21-8-9-25(26)15-21)32-28-17-23-6-4-5-7-24(23)18-28;1-18(2)15-20(17-25)19-11-13-22(14-12-19)28-23(16-24(3,4)26-5)27-21-9-7-6-8-10-21/h4-7,10-13,20-21,25-26,28-30,33H,8-9,14-19H2,1-3H3;11-14,18,20-21,23H,6-10,15-17,25H2,1-5H3. The average molecular weight is 856 g/mol. The van der Waals surface area contributed by atoms with Crippen LogP contribution in [0.4, 0.5) is 0 Å². The minimum Gasteiger partial charge on any atom is -0.465 e. The Kier molecular flexibility index (Phi) is 18.5. The maximum Gasteiger partial charge on any atom is 0.202 e. The van der Waals surface area contributed by atoms with Crippen molar-refractivity contribution in [2.45, 2.75) is 180 Å². The second-order valence-electron chi connectivity index (χ2n) is 20.4. The lowest BCUT2D eigenvalue weighted by atomic mass is 9.86. The molecular weight excluding hydrogens is 774 g/mol. The van der Waals surface area contributed by atoms with E-state index in [1.165, 1.54) is 73.6 Å². The van der Waals surface area contributed by atoms with Gasteiger partial charge in [0.25, 0.3) is 0 Å².